The largest absolute Gasteiger partial charge is 0.315 e. The number of rotatable bonds is 4. The van der Waals surface area contributed by atoms with Crippen LogP contribution in [-0.4, -0.2) is 38.1 Å². The van der Waals surface area contributed by atoms with Crippen molar-refractivity contribution >= 4 is 0 Å². The van der Waals surface area contributed by atoms with Gasteiger partial charge in [0, 0.05) is 6.54 Å². The lowest BCUT2D eigenvalue weighted by molar-refractivity contribution is 0.215. The van der Waals surface area contributed by atoms with E-state index in [2.05, 4.69) is 23.3 Å². The molecule has 1 aliphatic heterocycles. The van der Waals surface area contributed by atoms with Gasteiger partial charge in [0.15, 0.2) is 0 Å². The van der Waals surface area contributed by atoms with Gasteiger partial charge in [0.05, 0.1) is 11.5 Å². The van der Waals surface area contributed by atoms with E-state index in [1.54, 1.807) is 0 Å². The number of nitrogens with one attached hydrogen (secondary N) is 1. The molecule has 2 rings (SSSR count). The van der Waals surface area contributed by atoms with Crippen LogP contribution in [0.15, 0.2) is 0 Å². The molecule has 1 heterocycles. The monoisotopic (exact) mass is 207 g/mol. The maximum atomic E-state index is 8.93. The molecule has 0 spiro atoms. The van der Waals surface area contributed by atoms with E-state index >= 15 is 0 Å². The third-order valence-corrected chi connectivity index (χ3v) is 3.83. The van der Waals surface area contributed by atoms with E-state index in [1.807, 2.05) is 0 Å². The number of hydrogen-bond acceptors (Lipinski definition) is 3. The Morgan fingerprint density at radius 3 is 2.60 bits per heavy atom. The fourth-order valence-electron chi connectivity index (χ4n) is 2.26. The SMILES string of the molecule is CN1CCC(CNCC2(C#N)CC2)CC1. The minimum absolute atomic E-state index is 0.0193. The zero-order chi connectivity index (χ0) is 10.7. The molecule has 0 aromatic heterocycles. The molecule has 0 bridgehead atoms. The second-order valence-electron chi connectivity index (χ2n) is 5.27. The van der Waals surface area contributed by atoms with Crippen molar-refractivity contribution < 1.29 is 0 Å². The lowest BCUT2D eigenvalue weighted by Crippen LogP contribution is -2.36. The summed E-state index contributed by atoms with van der Waals surface area (Å²) in [5.41, 5.74) is 0.0193. The predicted molar refractivity (Wildman–Crippen MR) is 60.4 cm³/mol. The van der Waals surface area contributed by atoms with Crippen molar-refractivity contribution in [2.24, 2.45) is 11.3 Å². The lowest BCUT2D eigenvalue weighted by atomic mass is 9.97. The minimum Gasteiger partial charge on any atom is -0.315 e. The standard InChI is InChI=1S/C12H21N3/c1-15-6-2-11(3-7-15)8-14-10-12(9-13)4-5-12/h11,14H,2-8,10H2,1H3. The van der Waals surface area contributed by atoms with Crippen molar-refractivity contribution in [1.82, 2.24) is 10.2 Å². The van der Waals surface area contributed by atoms with Crippen molar-refractivity contribution in [2.75, 3.05) is 33.2 Å². The Labute approximate surface area is 92.4 Å². The third kappa shape index (κ3) is 2.93. The molecular formula is C12H21N3. The fraction of sp³-hybridized carbons (Fsp3) is 0.917. The van der Waals surface area contributed by atoms with Crippen LogP contribution in [0.1, 0.15) is 25.7 Å². The summed E-state index contributed by atoms with van der Waals surface area (Å²) in [6.07, 6.45) is 4.82. The van der Waals surface area contributed by atoms with Crippen molar-refractivity contribution in [3.63, 3.8) is 0 Å². The van der Waals surface area contributed by atoms with Crippen molar-refractivity contribution in [3.05, 3.63) is 0 Å². The van der Waals surface area contributed by atoms with Gasteiger partial charge in [-0.25, -0.2) is 0 Å². The molecule has 84 valence electrons. The molecule has 0 unspecified atom stereocenters. The van der Waals surface area contributed by atoms with Crippen molar-refractivity contribution in [1.29, 1.82) is 5.26 Å². The van der Waals surface area contributed by atoms with E-state index in [4.69, 9.17) is 5.26 Å². The Balaban J connectivity index is 1.60. The minimum atomic E-state index is 0.0193. The highest BCUT2D eigenvalue weighted by Crippen LogP contribution is 2.44. The van der Waals surface area contributed by atoms with Crippen molar-refractivity contribution in [2.45, 2.75) is 25.7 Å². The van der Waals surface area contributed by atoms with Gasteiger partial charge in [-0.05, 0) is 58.3 Å². The van der Waals surface area contributed by atoms with E-state index in [1.165, 1.54) is 25.9 Å². The van der Waals surface area contributed by atoms with Crippen LogP contribution in [0.5, 0.6) is 0 Å². The average molecular weight is 207 g/mol. The lowest BCUT2D eigenvalue weighted by Gasteiger charge is -2.29. The zero-order valence-electron chi connectivity index (χ0n) is 9.63. The summed E-state index contributed by atoms with van der Waals surface area (Å²) in [5.74, 6) is 0.829. The highest BCUT2D eigenvalue weighted by atomic mass is 15.1. The quantitative estimate of drug-likeness (QED) is 0.753. The Bertz CT molecular complexity index is 244. The number of nitriles is 1. The summed E-state index contributed by atoms with van der Waals surface area (Å²) in [6.45, 7) is 4.48. The molecule has 1 saturated carbocycles. The number of hydrogen-bond donors (Lipinski definition) is 1. The smallest absolute Gasteiger partial charge is 0.0703 e. The number of nitrogens with zero attached hydrogens (tertiary/aromatic N) is 2. The first-order chi connectivity index (χ1) is 7.24. The van der Waals surface area contributed by atoms with E-state index in [0.717, 1.165) is 31.8 Å². The van der Waals surface area contributed by atoms with Crippen LogP contribution >= 0.6 is 0 Å². The van der Waals surface area contributed by atoms with Crippen LogP contribution in [-0.2, 0) is 0 Å². The highest BCUT2D eigenvalue weighted by molar-refractivity contribution is 5.10. The van der Waals surface area contributed by atoms with Gasteiger partial charge in [0.2, 0.25) is 0 Å². The van der Waals surface area contributed by atoms with Gasteiger partial charge in [-0.15, -0.1) is 0 Å². The van der Waals surface area contributed by atoms with Crippen LogP contribution in [0, 0.1) is 22.7 Å². The second kappa shape index (κ2) is 4.51. The van der Waals surface area contributed by atoms with Crippen LogP contribution in [0.4, 0.5) is 0 Å². The molecule has 0 radical (unpaired) electrons. The normalized spacial score (nSPS) is 26.1. The van der Waals surface area contributed by atoms with E-state index < -0.39 is 0 Å². The van der Waals surface area contributed by atoms with E-state index in [-0.39, 0.29) is 5.41 Å². The van der Waals surface area contributed by atoms with Crippen LogP contribution < -0.4 is 5.32 Å². The summed E-state index contributed by atoms with van der Waals surface area (Å²) in [5, 5.41) is 12.4. The molecule has 0 aromatic rings. The molecule has 3 nitrogen and oxygen atoms in total. The highest BCUT2D eigenvalue weighted by Gasteiger charge is 2.42. The maximum absolute atomic E-state index is 8.93. The van der Waals surface area contributed by atoms with Crippen LogP contribution in [0.25, 0.3) is 0 Å². The summed E-state index contributed by atoms with van der Waals surface area (Å²) < 4.78 is 0. The van der Waals surface area contributed by atoms with Gasteiger partial charge in [-0.3, -0.25) is 0 Å². The zero-order valence-corrected chi connectivity index (χ0v) is 9.63. The Morgan fingerprint density at radius 2 is 2.07 bits per heavy atom. The molecule has 3 heteroatoms. The van der Waals surface area contributed by atoms with Crippen LogP contribution in [0.3, 0.4) is 0 Å². The topological polar surface area (TPSA) is 39.1 Å². The Hall–Kier alpha value is -0.590. The summed E-state index contributed by atoms with van der Waals surface area (Å²) >= 11 is 0. The first-order valence-electron chi connectivity index (χ1n) is 6.05. The van der Waals surface area contributed by atoms with Crippen molar-refractivity contribution in [3.8, 4) is 6.07 Å². The molecule has 1 saturated heterocycles. The third-order valence-electron chi connectivity index (χ3n) is 3.83. The Morgan fingerprint density at radius 1 is 1.40 bits per heavy atom. The molecule has 1 N–H and O–H groups in total. The first-order valence-corrected chi connectivity index (χ1v) is 6.05. The van der Waals surface area contributed by atoms with E-state index in [0.29, 0.717) is 0 Å². The van der Waals surface area contributed by atoms with Gasteiger partial charge >= 0.3 is 0 Å². The number of piperidine rings is 1. The average Bonchev–Trinajstić information content (AvgIpc) is 3.02. The number of likely N-dealkylation sites (tertiary alicyclic amines) is 1. The predicted octanol–water partition coefficient (Wildman–Crippen LogP) is 1.22. The summed E-state index contributed by atoms with van der Waals surface area (Å²) in [7, 11) is 2.19. The Kier molecular flexibility index (Phi) is 3.28. The van der Waals surface area contributed by atoms with Gasteiger partial charge in [-0.2, -0.15) is 5.26 Å². The molecule has 15 heavy (non-hydrogen) atoms. The van der Waals surface area contributed by atoms with E-state index in [9.17, 15) is 0 Å². The van der Waals surface area contributed by atoms with Gasteiger partial charge in [-0.1, -0.05) is 0 Å². The van der Waals surface area contributed by atoms with Gasteiger partial charge < -0.3 is 10.2 Å². The van der Waals surface area contributed by atoms with Gasteiger partial charge in [0.25, 0.3) is 0 Å². The fourth-order valence-corrected chi connectivity index (χ4v) is 2.26. The maximum Gasteiger partial charge on any atom is 0.0703 e. The molecule has 2 aliphatic rings. The molecule has 0 amide bonds. The molecule has 1 aliphatic carbocycles. The molecule has 2 fully saturated rings. The molecule has 0 aromatic carbocycles. The second-order valence-corrected chi connectivity index (χ2v) is 5.27. The molecule has 0 atom stereocenters. The van der Waals surface area contributed by atoms with Crippen LogP contribution in [0.2, 0.25) is 0 Å². The summed E-state index contributed by atoms with van der Waals surface area (Å²) in [4.78, 5) is 2.40. The van der Waals surface area contributed by atoms with Gasteiger partial charge in [0.1, 0.15) is 0 Å². The molecular weight excluding hydrogens is 186 g/mol. The summed E-state index contributed by atoms with van der Waals surface area (Å²) in [6, 6.07) is 2.43. The first kappa shape index (κ1) is 10.9.